The highest BCUT2D eigenvalue weighted by Crippen LogP contribution is 2.35. The van der Waals surface area contributed by atoms with Crippen molar-refractivity contribution in [3.05, 3.63) is 88.2 Å². The van der Waals surface area contributed by atoms with Crippen molar-refractivity contribution in [1.29, 1.82) is 0 Å². The van der Waals surface area contributed by atoms with E-state index in [9.17, 15) is 22.8 Å². The lowest BCUT2D eigenvalue weighted by molar-refractivity contribution is -0.120. The van der Waals surface area contributed by atoms with Crippen molar-refractivity contribution < 1.29 is 36.7 Å². The van der Waals surface area contributed by atoms with Gasteiger partial charge in [-0.1, -0.05) is 35.9 Å². The van der Waals surface area contributed by atoms with Crippen molar-refractivity contribution >= 4 is 44.9 Å². The van der Waals surface area contributed by atoms with E-state index in [0.29, 0.717) is 22.8 Å². The van der Waals surface area contributed by atoms with Gasteiger partial charge in [0, 0.05) is 11.4 Å². The molecule has 2 amide bonds. The number of nitrogens with one attached hydrogen (secondary N) is 1. The van der Waals surface area contributed by atoms with Crippen molar-refractivity contribution in [3.8, 4) is 5.75 Å². The van der Waals surface area contributed by atoms with Crippen molar-refractivity contribution in [1.82, 2.24) is 5.32 Å². The number of methoxy groups -OCH3 is 1. The number of rotatable bonds is 8. The number of anilines is 1. The monoisotopic (exact) mass is 630 g/mol. The molecule has 0 fully saturated rings. The Labute approximate surface area is 254 Å². The van der Waals surface area contributed by atoms with Crippen molar-refractivity contribution in [2.45, 2.75) is 56.7 Å². The number of ether oxygens (including phenoxy) is 2. The Balaban J connectivity index is 1.73. The van der Waals surface area contributed by atoms with Gasteiger partial charge in [-0.15, -0.1) is 0 Å². The van der Waals surface area contributed by atoms with Gasteiger partial charge in [-0.05, 0) is 74.7 Å². The fourth-order valence-corrected chi connectivity index (χ4v) is 6.32. The summed E-state index contributed by atoms with van der Waals surface area (Å²) >= 11 is 6.02. The number of halogens is 2. The average Bonchev–Trinajstić information content (AvgIpc) is 3.00. The van der Waals surface area contributed by atoms with E-state index >= 15 is 4.39 Å². The van der Waals surface area contributed by atoms with Crippen LogP contribution >= 0.6 is 11.6 Å². The van der Waals surface area contributed by atoms with Crippen LogP contribution in [0.1, 0.15) is 48.7 Å². The zero-order chi connectivity index (χ0) is 31.5. The maximum absolute atomic E-state index is 15.4. The van der Waals surface area contributed by atoms with Crippen LogP contribution < -0.4 is 15.0 Å². The number of ketones is 1. The molecule has 9 nitrogen and oxygen atoms in total. The molecule has 0 saturated carbocycles. The fraction of sp³-hybridized carbons (Fsp3) is 0.323. The molecule has 1 aliphatic heterocycles. The van der Waals surface area contributed by atoms with Crippen LogP contribution in [0.2, 0.25) is 5.02 Å². The molecule has 1 heterocycles. The number of carbonyl (C=O) groups excluding carboxylic acids is 3. The normalized spacial score (nSPS) is 16.2. The van der Waals surface area contributed by atoms with Crippen LogP contribution in [0.4, 0.5) is 14.9 Å². The van der Waals surface area contributed by atoms with E-state index in [1.54, 1.807) is 69.3 Å². The molecule has 43 heavy (non-hydrogen) atoms. The summed E-state index contributed by atoms with van der Waals surface area (Å²) in [5.41, 5.74) is -0.0248. The van der Waals surface area contributed by atoms with E-state index in [1.165, 1.54) is 7.11 Å². The maximum atomic E-state index is 15.4. The van der Waals surface area contributed by atoms with Crippen LogP contribution in [-0.4, -0.2) is 50.7 Å². The Kier molecular flexibility index (Phi) is 9.46. The van der Waals surface area contributed by atoms with E-state index < -0.39 is 55.7 Å². The molecule has 0 spiro atoms. The summed E-state index contributed by atoms with van der Waals surface area (Å²) in [6.07, 6.45) is -0.755. The predicted octanol–water partition coefficient (Wildman–Crippen LogP) is 5.52. The summed E-state index contributed by atoms with van der Waals surface area (Å²) in [4.78, 5) is 40.3. The highest BCUT2D eigenvalue weighted by Gasteiger charge is 2.40. The van der Waals surface area contributed by atoms with Gasteiger partial charge in [0.1, 0.15) is 23.2 Å². The molecule has 1 N–H and O–H groups in total. The number of alkyl carbamates (subject to hydrolysis) is 1. The lowest BCUT2D eigenvalue weighted by Crippen LogP contribution is -2.51. The zero-order valence-electron chi connectivity index (χ0n) is 24.1. The largest absolute Gasteiger partial charge is 0.497 e. The number of benzene rings is 3. The molecular formula is C31H32ClFN2O7S. The number of nitrogens with zero attached hydrogens (tertiary/aromatic N) is 1. The lowest BCUT2D eigenvalue weighted by Gasteiger charge is -2.27. The van der Waals surface area contributed by atoms with E-state index in [0.717, 1.165) is 22.6 Å². The third-order valence-electron chi connectivity index (χ3n) is 6.67. The van der Waals surface area contributed by atoms with Crippen molar-refractivity contribution in [2.24, 2.45) is 0 Å². The van der Waals surface area contributed by atoms with Crippen LogP contribution in [0.3, 0.4) is 0 Å². The maximum Gasteiger partial charge on any atom is 0.408 e. The van der Waals surface area contributed by atoms with Gasteiger partial charge in [0.2, 0.25) is 0 Å². The van der Waals surface area contributed by atoms with E-state index in [-0.39, 0.29) is 24.2 Å². The Morgan fingerprint density at radius 3 is 2.28 bits per heavy atom. The summed E-state index contributed by atoms with van der Waals surface area (Å²) < 4.78 is 52.8. The van der Waals surface area contributed by atoms with Gasteiger partial charge in [0.15, 0.2) is 15.6 Å². The number of hydrogen-bond donors (Lipinski definition) is 1. The molecule has 228 valence electrons. The van der Waals surface area contributed by atoms with Gasteiger partial charge in [0.05, 0.1) is 35.6 Å². The number of fused-ring (bicyclic) bond motifs is 1. The number of Topliss-reactive ketones (excluding diaryl/α,β-unsaturated/α-hetero) is 1. The molecule has 12 heteroatoms. The molecule has 0 radical (unpaired) electrons. The average molecular weight is 631 g/mol. The molecule has 3 aromatic rings. The minimum Gasteiger partial charge on any atom is -0.497 e. The van der Waals surface area contributed by atoms with E-state index in [4.69, 9.17) is 21.1 Å². The Morgan fingerprint density at radius 1 is 1.05 bits per heavy atom. The Hall–Kier alpha value is -3.96. The first-order valence-electron chi connectivity index (χ1n) is 13.4. The Bertz CT molecular complexity index is 1640. The Morgan fingerprint density at radius 2 is 1.67 bits per heavy atom. The minimum absolute atomic E-state index is 0.0667. The van der Waals surface area contributed by atoms with Gasteiger partial charge in [0.25, 0.3) is 5.91 Å². The van der Waals surface area contributed by atoms with Gasteiger partial charge in [-0.2, -0.15) is 0 Å². The van der Waals surface area contributed by atoms with Crippen LogP contribution in [0.5, 0.6) is 5.75 Å². The van der Waals surface area contributed by atoms with E-state index in [1.807, 2.05) is 0 Å². The number of sulfone groups is 1. The SMILES string of the molecule is COc1ccc(CCC(=O)c2cc3c(cc2F)S(=O)(=O)C[C@H](NC(=O)OC(C)(C)C)C(=O)N3Cc2ccc(Cl)cc2)cc1. The molecule has 3 aromatic carbocycles. The first kappa shape index (κ1) is 32.0. The number of aryl methyl sites for hydroxylation is 1. The highest BCUT2D eigenvalue weighted by molar-refractivity contribution is 7.91. The van der Waals surface area contributed by atoms with E-state index in [2.05, 4.69) is 5.32 Å². The second kappa shape index (κ2) is 12.7. The minimum atomic E-state index is -4.33. The first-order valence-corrected chi connectivity index (χ1v) is 15.5. The predicted molar refractivity (Wildman–Crippen MR) is 160 cm³/mol. The molecule has 4 rings (SSSR count). The quantitative estimate of drug-likeness (QED) is 0.326. The molecule has 0 aliphatic carbocycles. The fourth-order valence-electron chi connectivity index (χ4n) is 4.58. The molecular weight excluding hydrogens is 599 g/mol. The topological polar surface area (TPSA) is 119 Å². The van der Waals surface area contributed by atoms with Crippen LogP contribution in [-0.2, 0) is 32.3 Å². The van der Waals surface area contributed by atoms with Crippen molar-refractivity contribution in [2.75, 3.05) is 17.8 Å². The second-order valence-electron chi connectivity index (χ2n) is 11.1. The lowest BCUT2D eigenvalue weighted by atomic mass is 10.0. The number of amides is 2. The van der Waals surface area contributed by atoms with Crippen molar-refractivity contribution in [3.63, 3.8) is 0 Å². The van der Waals surface area contributed by atoms with Gasteiger partial charge in [-0.3, -0.25) is 9.59 Å². The number of hydrogen-bond acceptors (Lipinski definition) is 7. The highest BCUT2D eigenvalue weighted by atomic mass is 35.5. The van der Waals surface area contributed by atoms with Crippen LogP contribution in [0.25, 0.3) is 0 Å². The number of carbonyl (C=O) groups is 3. The van der Waals surface area contributed by atoms with Crippen LogP contribution in [0, 0.1) is 5.82 Å². The summed E-state index contributed by atoms with van der Waals surface area (Å²) in [7, 11) is -2.79. The molecule has 0 saturated heterocycles. The summed E-state index contributed by atoms with van der Waals surface area (Å²) in [6.45, 7) is 4.72. The molecule has 0 bridgehead atoms. The molecule has 1 aliphatic rings. The zero-order valence-corrected chi connectivity index (χ0v) is 25.7. The summed E-state index contributed by atoms with van der Waals surface area (Å²) in [5, 5.41) is 2.81. The third kappa shape index (κ3) is 7.91. The molecule has 0 aromatic heterocycles. The summed E-state index contributed by atoms with van der Waals surface area (Å²) in [6, 6.07) is 13.9. The second-order valence-corrected chi connectivity index (χ2v) is 13.5. The van der Waals surface area contributed by atoms with Gasteiger partial charge in [-0.25, -0.2) is 17.6 Å². The summed E-state index contributed by atoms with van der Waals surface area (Å²) in [5.74, 6) is -2.55. The standard InChI is InChI=1S/C31H32ClFN2O7S/c1-31(2,3)42-30(38)34-25-18-43(39,40)28-16-24(33)23(27(36)14-9-19-7-12-22(41-4)13-8-19)15-26(28)35(29(25)37)17-20-5-10-21(32)11-6-20/h5-8,10-13,15-16,25H,9,14,17-18H2,1-4H3,(H,34,38)/t25-/m0/s1. The first-order chi connectivity index (χ1) is 20.2. The molecule has 1 atom stereocenters. The van der Waals surface area contributed by atoms with Gasteiger partial charge >= 0.3 is 6.09 Å². The van der Waals surface area contributed by atoms with Gasteiger partial charge < -0.3 is 19.7 Å². The van der Waals surface area contributed by atoms with Crippen LogP contribution in [0.15, 0.2) is 65.6 Å². The molecule has 0 unspecified atom stereocenters. The smallest absolute Gasteiger partial charge is 0.408 e. The third-order valence-corrected chi connectivity index (χ3v) is 8.69.